The molecule has 2 aromatic carbocycles. The normalized spacial score (nSPS) is 17.0. The fourth-order valence-electron chi connectivity index (χ4n) is 4.34. The molecular weight excluding hydrogens is 386 g/mol. The lowest BCUT2D eigenvalue weighted by Crippen LogP contribution is -2.41. The third-order valence-corrected chi connectivity index (χ3v) is 7.33. The van der Waals surface area contributed by atoms with Crippen LogP contribution in [0.4, 0.5) is 0 Å². The van der Waals surface area contributed by atoms with Gasteiger partial charge in [-0.05, 0) is 79.3 Å². The summed E-state index contributed by atoms with van der Waals surface area (Å²) in [6.45, 7) is 0. The summed E-state index contributed by atoms with van der Waals surface area (Å²) in [7, 11) is -3.91. The quantitative estimate of drug-likeness (QED) is 0.723. The van der Waals surface area contributed by atoms with Gasteiger partial charge in [0.15, 0.2) is 0 Å². The monoisotopic (exact) mass is 411 g/mol. The molecule has 6 heteroatoms. The van der Waals surface area contributed by atoms with Gasteiger partial charge < -0.3 is 5.11 Å². The van der Waals surface area contributed by atoms with Crippen LogP contribution < -0.4 is 4.72 Å². The van der Waals surface area contributed by atoms with Gasteiger partial charge >= 0.3 is 5.97 Å². The number of nitrogens with one attached hydrogen (secondary N) is 1. The number of sulfonamides is 1. The van der Waals surface area contributed by atoms with Crippen LogP contribution in [0.2, 0.25) is 0 Å². The first-order chi connectivity index (χ1) is 13.9. The van der Waals surface area contributed by atoms with Gasteiger partial charge in [-0.15, -0.1) is 0 Å². The highest BCUT2D eigenvalue weighted by atomic mass is 32.2. The van der Waals surface area contributed by atoms with E-state index in [1.165, 1.54) is 24.0 Å². The molecule has 0 radical (unpaired) electrons. The molecule has 0 bridgehead atoms. The second-order valence-electron chi connectivity index (χ2n) is 7.82. The fourth-order valence-corrected chi connectivity index (χ4v) is 5.61. The average Bonchev–Trinajstić information content (AvgIpc) is 3.09. The van der Waals surface area contributed by atoms with Crippen LogP contribution in [-0.2, 0) is 27.7 Å². The number of carbonyl (C=O) groups is 1. The van der Waals surface area contributed by atoms with Crippen molar-refractivity contribution in [2.75, 3.05) is 0 Å². The molecule has 0 heterocycles. The zero-order valence-electron chi connectivity index (χ0n) is 16.2. The summed E-state index contributed by atoms with van der Waals surface area (Å²) >= 11 is 0. The Hall–Kier alpha value is -2.44. The maximum atomic E-state index is 12.9. The van der Waals surface area contributed by atoms with Crippen LogP contribution >= 0.6 is 0 Å². The molecule has 152 valence electrons. The van der Waals surface area contributed by atoms with Crippen molar-refractivity contribution in [2.45, 2.75) is 55.9 Å². The fraction of sp³-hybridized carbons (Fsp3) is 0.348. The van der Waals surface area contributed by atoms with E-state index >= 15 is 0 Å². The highest BCUT2D eigenvalue weighted by Gasteiger charge is 2.28. The third-order valence-electron chi connectivity index (χ3n) is 5.86. The molecule has 0 saturated heterocycles. The Morgan fingerprint density at radius 3 is 2.59 bits per heavy atom. The molecule has 0 fully saturated rings. The number of rotatable bonds is 7. The van der Waals surface area contributed by atoms with Gasteiger partial charge in [0.2, 0.25) is 10.0 Å². The lowest BCUT2D eigenvalue weighted by atomic mass is 9.92. The molecule has 0 spiro atoms. The standard InChI is InChI=1S/C23H25NO4S/c25-23(26)22(13-10-16-6-2-1-3-7-16)24-29(27,28)19-11-12-21-18(15-19)14-17-8-4-5-9-20(17)21/h1-3,6-7,11-12,15,22,24H,4-5,8-10,13-14H2,(H,25,26)/t22-/m0/s1. The summed E-state index contributed by atoms with van der Waals surface area (Å²) in [5.74, 6) is -1.16. The Balaban J connectivity index is 1.50. The van der Waals surface area contributed by atoms with Crippen LogP contribution in [0.5, 0.6) is 0 Å². The number of carboxylic acid groups (broad SMARTS) is 1. The lowest BCUT2D eigenvalue weighted by Gasteiger charge is -2.16. The van der Waals surface area contributed by atoms with Crippen LogP contribution in [0.3, 0.4) is 0 Å². The number of allylic oxidation sites excluding steroid dienone is 2. The molecule has 0 aromatic heterocycles. The minimum atomic E-state index is -3.91. The number of hydrogen-bond acceptors (Lipinski definition) is 3. The molecule has 0 unspecified atom stereocenters. The first-order valence-electron chi connectivity index (χ1n) is 10.1. The molecule has 2 aliphatic carbocycles. The summed E-state index contributed by atoms with van der Waals surface area (Å²) < 4.78 is 28.2. The minimum Gasteiger partial charge on any atom is -0.480 e. The maximum absolute atomic E-state index is 12.9. The predicted octanol–water partition coefficient (Wildman–Crippen LogP) is 3.93. The van der Waals surface area contributed by atoms with E-state index < -0.39 is 22.0 Å². The molecule has 5 nitrogen and oxygen atoms in total. The smallest absolute Gasteiger partial charge is 0.321 e. The SMILES string of the molecule is O=C(O)[C@H](CCc1ccccc1)NS(=O)(=O)c1ccc2c(c1)CC1=C2CCCC1. The first kappa shape index (κ1) is 19.9. The van der Waals surface area contributed by atoms with Gasteiger partial charge in [-0.3, -0.25) is 4.79 Å². The number of benzene rings is 2. The Morgan fingerprint density at radius 2 is 1.83 bits per heavy atom. The second kappa shape index (κ2) is 8.13. The van der Waals surface area contributed by atoms with E-state index in [1.807, 2.05) is 36.4 Å². The first-order valence-corrected chi connectivity index (χ1v) is 11.6. The maximum Gasteiger partial charge on any atom is 0.321 e. The van der Waals surface area contributed by atoms with Crippen molar-refractivity contribution >= 4 is 21.6 Å². The van der Waals surface area contributed by atoms with Crippen LogP contribution in [0.25, 0.3) is 5.57 Å². The van der Waals surface area contributed by atoms with Gasteiger partial charge in [-0.1, -0.05) is 42.0 Å². The Bertz CT molecular complexity index is 1060. The summed E-state index contributed by atoms with van der Waals surface area (Å²) in [5, 5.41) is 9.52. The summed E-state index contributed by atoms with van der Waals surface area (Å²) in [4.78, 5) is 11.8. The van der Waals surface area contributed by atoms with Crippen molar-refractivity contribution in [2.24, 2.45) is 0 Å². The lowest BCUT2D eigenvalue weighted by molar-refractivity contribution is -0.139. The Morgan fingerprint density at radius 1 is 1.07 bits per heavy atom. The van der Waals surface area contributed by atoms with Crippen molar-refractivity contribution in [1.82, 2.24) is 4.72 Å². The van der Waals surface area contributed by atoms with Crippen molar-refractivity contribution in [3.05, 3.63) is 70.8 Å². The van der Waals surface area contributed by atoms with Crippen LogP contribution in [-0.4, -0.2) is 25.5 Å². The van der Waals surface area contributed by atoms with Crippen molar-refractivity contribution in [1.29, 1.82) is 0 Å². The average molecular weight is 412 g/mol. The molecule has 0 aliphatic heterocycles. The zero-order valence-corrected chi connectivity index (χ0v) is 17.0. The molecule has 2 aromatic rings. The highest BCUT2D eigenvalue weighted by Crippen LogP contribution is 2.42. The van der Waals surface area contributed by atoms with Gasteiger partial charge in [0.25, 0.3) is 0 Å². The molecule has 29 heavy (non-hydrogen) atoms. The van der Waals surface area contributed by atoms with E-state index in [4.69, 9.17) is 0 Å². The van der Waals surface area contributed by atoms with Gasteiger partial charge in [-0.2, -0.15) is 4.72 Å². The third kappa shape index (κ3) is 4.28. The molecule has 2 N–H and O–H groups in total. The van der Waals surface area contributed by atoms with E-state index in [9.17, 15) is 18.3 Å². The molecule has 0 amide bonds. The Kier molecular flexibility index (Phi) is 5.56. The summed E-state index contributed by atoms with van der Waals surface area (Å²) in [6, 6.07) is 13.5. The van der Waals surface area contributed by atoms with Gasteiger partial charge in [0.05, 0.1) is 4.90 Å². The largest absolute Gasteiger partial charge is 0.480 e. The van der Waals surface area contributed by atoms with Gasteiger partial charge in [0, 0.05) is 0 Å². The predicted molar refractivity (Wildman–Crippen MR) is 112 cm³/mol. The number of aryl methyl sites for hydroxylation is 1. The molecule has 0 saturated carbocycles. The van der Waals surface area contributed by atoms with E-state index in [2.05, 4.69) is 4.72 Å². The number of aliphatic carboxylic acids is 1. The van der Waals surface area contributed by atoms with Crippen molar-refractivity contribution in [3.63, 3.8) is 0 Å². The molecule has 1 atom stereocenters. The highest BCUT2D eigenvalue weighted by molar-refractivity contribution is 7.89. The van der Waals surface area contributed by atoms with E-state index in [1.54, 1.807) is 12.1 Å². The molecular formula is C23H25NO4S. The van der Waals surface area contributed by atoms with Crippen LogP contribution in [0, 0.1) is 0 Å². The minimum absolute atomic E-state index is 0.141. The van der Waals surface area contributed by atoms with Gasteiger partial charge in [0.1, 0.15) is 6.04 Å². The van der Waals surface area contributed by atoms with Crippen LogP contribution in [0.1, 0.15) is 48.8 Å². The van der Waals surface area contributed by atoms with Crippen molar-refractivity contribution < 1.29 is 18.3 Å². The Labute approximate surface area is 171 Å². The van der Waals surface area contributed by atoms with E-state index in [0.29, 0.717) is 6.42 Å². The topological polar surface area (TPSA) is 83.5 Å². The van der Waals surface area contributed by atoms with Gasteiger partial charge in [-0.25, -0.2) is 8.42 Å². The van der Waals surface area contributed by atoms with Crippen LogP contribution in [0.15, 0.2) is 59.0 Å². The second-order valence-corrected chi connectivity index (χ2v) is 9.54. The zero-order chi connectivity index (χ0) is 20.4. The van der Waals surface area contributed by atoms with Crippen molar-refractivity contribution in [3.8, 4) is 0 Å². The van der Waals surface area contributed by atoms with E-state index in [0.717, 1.165) is 36.0 Å². The van der Waals surface area contributed by atoms with E-state index in [-0.39, 0.29) is 11.3 Å². The molecule has 4 rings (SSSR count). The number of hydrogen-bond donors (Lipinski definition) is 2. The number of carboxylic acids is 1. The molecule has 2 aliphatic rings. The summed E-state index contributed by atoms with van der Waals surface area (Å²) in [5.41, 5.74) is 6.00. The summed E-state index contributed by atoms with van der Waals surface area (Å²) in [6.07, 6.45) is 6.02. The number of fused-ring (bicyclic) bond motifs is 2.